The number of nitrogens with one attached hydrogen (secondary N) is 1. The van der Waals surface area contributed by atoms with Crippen molar-refractivity contribution in [3.63, 3.8) is 0 Å². The Morgan fingerprint density at radius 3 is 2.45 bits per heavy atom. The number of anilines is 1. The van der Waals surface area contributed by atoms with Crippen LogP contribution in [0.2, 0.25) is 0 Å². The van der Waals surface area contributed by atoms with Crippen LogP contribution < -0.4 is 16.7 Å². The highest BCUT2D eigenvalue weighted by molar-refractivity contribution is 5.89. The molecule has 0 saturated heterocycles. The molecule has 3 aromatic rings. The molecule has 2 aromatic heterocycles. The average molecular weight is 419 g/mol. The van der Waals surface area contributed by atoms with Crippen molar-refractivity contribution in [3.05, 3.63) is 71.3 Å². The molecule has 3 N–H and O–H groups in total. The van der Waals surface area contributed by atoms with E-state index in [4.69, 9.17) is 5.73 Å². The van der Waals surface area contributed by atoms with Gasteiger partial charge in [0.15, 0.2) is 0 Å². The lowest BCUT2D eigenvalue weighted by molar-refractivity contribution is -0.114. The van der Waals surface area contributed by atoms with Crippen LogP contribution >= 0.6 is 12.4 Å². The van der Waals surface area contributed by atoms with E-state index in [9.17, 15) is 14.0 Å². The van der Waals surface area contributed by atoms with Crippen molar-refractivity contribution in [2.24, 2.45) is 5.73 Å². The van der Waals surface area contributed by atoms with Gasteiger partial charge in [0.25, 0.3) is 0 Å². The maximum absolute atomic E-state index is 12.7. The lowest BCUT2D eigenvalue weighted by Gasteiger charge is -2.06. The van der Waals surface area contributed by atoms with Crippen molar-refractivity contribution in [1.29, 1.82) is 0 Å². The molecule has 0 spiro atoms. The van der Waals surface area contributed by atoms with Crippen molar-refractivity contribution in [2.75, 3.05) is 11.9 Å². The minimum Gasteiger partial charge on any atom is -0.327 e. The largest absolute Gasteiger partial charge is 0.351 e. The van der Waals surface area contributed by atoms with Gasteiger partial charge in [-0.3, -0.25) is 4.79 Å². The molecule has 10 heteroatoms. The lowest BCUT2D eigenvalue weighted by Crippen LogP contribution is -2.26. The van der Waals surface area contributed by atoms with Crippen molar-refractivity contribution < 1.29 is 9.18 Å². The second kappa shape index (κ2) is 9.76. The van der Waals surface area contributed by atoms with Crippen LogP contribution in [0, 0.1) is 0 Å². The number of carbonyl (C=O) groups excluding carboxylic acids is 1. The van der Waals surface area contributed by atoms with Gasteiger partial charge >= 0.3 is 5.69 Å². The standard InChI is InChI=1S/C19H19FN6O2.ClH/c1-13(27)24-17-5-2-15(3-6-17)16-4-7-18(22-10-16)25-12-23-26(19(25)28)11-14(8-20)9-21;/h2-8,10,12H,9,11,21H2,1H3,(H,24,27);1H/b14-8-;. The Balaban J connectivity index is 0.00000300. The summed E-state index contributed by atoms with van der Waals surface area (Å²) in [5.41, 5.74) is 7.71. The number of hydrogen-bond donors (Lipinski definition) is 2. The number of amides is 1. The molecule has 0 aliphatic carbocycles. The second-order valence-electron chi connectivity index (χ2n) is 6.08. The molecule has 0 aliphatic rings. The van der Waals surface area contributed by atoms with Gasteiger partial charge in [-0.1, -0.05) is 12.1 Å². The molecule has 0 radical (unpaired) electrons. The summed E-state index contributed by atoms with van der Waals surface area (Å²) in [4.78, 5) is 27.8. The predicted molar refractivity (Wildman–Crippen MR) is 111 cm³/mol. The Labute approximate surface area is 172 Å². The maximum Gasteiger partial charge on any atom is 0.351 e. The highest BCUT2D eigenvalue weighted by Crippen LogP contribution is 2.21. The first-order valence-electron chi connectivity index (χ1n) is 8.49. The van der Waals surface area contributed by atoms with Crippen LogP contribution in [0.25, 0.3) is 16.9 Å². The number of pyridine rings is 1. The molecule has 0 fully saturated rings. The zero-order valence-electron chi connectivity index (χ0n) is 15.6. The molecule has 2 heterocycles. The third-order valence-electron chi connectivity index (χ3n) is 4.04. The summed E-state index contributed by atoms with van der Waals surface area (Å²) >= 11 is 0. The van der Waals surface area contributed by atoms with E-state index < -0.39 is 5.69 Å². The fourth-order valence-corrected chi connectivity index (χ4v) is 2.59. The fraction of sp³-hybridized carbons (Fsp3) is 0.158. The zero-order valence-corrected chi connectivity index (χ0v) is 16.4. The Kier molecular flexibility index (Phi) is 7.40. The molecule has 0 unspecified atom stereocenters. The van der Waals surface area contributed by atoms with Gasteiger partial charge in [0.1, 0.15) is 12.1 Å². The van der Waals surface area contributed by atoms with Gasteiger partial charge in [-0.25, -0.2) is 23.4 Å². The van der Waals surface area contributed by atoms with E-state index in [1.807, 2.05) is 18.2 Å². The molecule has 8 nitrogen and oxygen atoms in total. The van der Waals surface area contributed by atoms with Crippen molar-refractivity contribution in [1.82, 2.24) is 19.3 Å². The van der Waals surface area contributed by atoms with Crippen molar-refractivity contribution >= 4 is 24.0 Å². The van der Waals surface area contributed by atoms with Crippen LogP contribution in [0.3, 0.4) is 0 Å². The van der Waals surface area contributed by atoms with Gasteiger partial charge in [0.2, 0.25) is 5.91 Å². The molecule has 3 rings (SSSR count). The van der Waals surface area contributed by atoms with E-state index in [0.717, 1.165) is 15.8 Å². The van der Waals surface area contributed by atoms with E-state index in [1.165, 1.54) is 17.8 Å². The number of benzene rings is 1. The molecule has 0 saturated carbocycles. The quantitative estimate of drug-likeness (QED) is 0.638. The minimum atomic E-state index is -0.437. The number of hydrogen-bond acceptors (Lipinski definition) is 5. The summed E-state index contributed by atoms with van der Waals surface area (Å²) in [6, 6.07) is 10.8. The van der Waals surface area contributed by atoms with E-state index in [-0.39, 0.29) is 37.0 Å². The number of nitrogens with two attached hydrogens (primary N) is 1. The number of carbonyl (C=O) groups is 1. The average Bonchev–Trinajstić information content (AvgIpc) is 3.06. The first-order valence-corrected chi connectivity index (χ1v) is 8.49. The Hall–Kier alpha value is -3.30. The smallest absolute Gasteiger partial charge is 0.327 e. The normalized spacial score (nSPS) is 11.1. The summed E-state index contributed by atoms with van der Waals surface area (Å²) < 4.78 is 15.1. The first kappa shape index (κ1) is 22.0. The second-order valence-corrected chi connectivity index (χ2v) is 6.08. The number of nitrogens with zero attached hydrogens (tertiary/aromatic N) is 4. The molecule has 1 amide bonds. The molecular weight excluding hydrogens is 399 g/mol. The maximum atomic E-state index is 12.7. The van der Waals surface area contributed by atoms with Crippen molar-refractivity contribution in [3.8, 4) is 16.9 Å². The zero-order chi connectivity index (χ0) is 20.1. The van der Waals surface area contributed by atoms with Gasteiger partial charge in [-0.05, 0) is 35.4 Å². The Morgan fingerprint density at radius 2 is 1.90 bits per heavy atom. The van der Waals surface area contributed by atoms with Crippen LogP contribution in [0.5, 0.6) is 0 Å². The van der Waals surface area contributed by atoms with Gasteiger partial charge in [-0.2, -0.15) is 5.10 Å². The first-order chi connectivity index (χ1) is 13.5. The Morgan fingerprint density at radius 1 is 1.21 bits per heavy atom. The molecule has 1 aromatic carbocycles. The molecular formula is C19H20ClFN6O2. The monoisotopic (exact) mass is 418 g/mol. The van der Waals surface area contributed by atoms with Crippen LogP contribution in [0.4, 0.5) is 10.1 Å². The van der Waals surface area contributed by atoms with E-state index in [1.54, 1.807) is 24.4 Å². The van der Waals surface area contributed by atoms with Crippen molar-refractivity contribution in [2.45, 2.75) is 13.5 Å². The highest BCUT2D eigenvalue weighted by Gasteiger charge is 2.10. The van der Waals surface area contributed by atoms with Gasteiger partial charge in [-0.15, -0.1) is 12.4 Å². The summed E-state index contributed by atoms with van der Waals surface area (Å²) in [7, 11) is 0. The van der Waals surface area contributed by atoms with Crippen LogP contribution in [0.15, 0.2) is 65.6 Å². The fourth-order valence-electron chi connectivity index (χ4n) is 2.59. The molecule has 0 bridgehead atoms. The Bertz CT molecular complexity index is 1060. The van der Waals surface area contributed by atoms with Crippen LogP contribution in [0.1, 0.15) is 6.92 Å². The number of aromatic nitrogens is 4. The van der Waals surface area contributed by atoms with E-state index in [0.29, 0.717) is 17.8 Å². The molecule has 29 heavy (non-hydrogen) atoms. The summed E-state index contributed by atoms with van der Waals surface area (Å²) in [6.45, 7) is 1.44. The summed E-state index contributed by atoms with van der Waals surface area (Å²) in [6.07, 6.45) is 3.36. The molecule has 0 atom stereocenters. The third kappa shape index (κ3) is 5.15. The number of rotatable bonds is 6. The molecule has 0 aliphatic heterocycles. The van der Waals surface area contributed by atoms with E-state index in [2.05, 4.69) is 15.4 Å². The number of halogens is 2. The lowest BCUT2D eigenvalue weighted by atomic mass is 10.1. The summed E-state index contributed by atoms with van der Waals surface area (Å²) in [5, 5.41) is 6.68. The van der Waals surface area contributed by atoms with E-state index >= 15 is 0 Å². The highest BCUT2D eigenvalue weighted by atomic mass is 35.5. The predicted octanol–water partition coefficient (Wildman–Crippen LogP) is 2.29. The SMILES string of the molecule is CC(=O)Nc1ccc(-c2ccc(-n3cnn(C/C(=C\F)CN)c3=O)nc2)cc1.Cl. The van der Waals surface area contributed by atoms with Crippen LogP contribution in [-0.2, 0) is 11.3 Å². The summed E-state index contributed by atoms with van der Waals surface area (Å²) in [5.74, 6) is 0.263. The topological polar surface area (TPSA) is 108 Å². The minimum absolute atomic E-state index is 0. The molecule has 152 valence electrons. The van der Waals surface area contributed by atoms with Crippen LogP contribution in [-0.4, -0.2) is 31.8 Å². The third-order valence-corrected chi connectivity index (χ3v) is 4.04. The van der Waals surface area contributed by atoms with Gasteiger partial charge < -0.3 is 11.1 Å². The van der Waals surface area contributed by atoms with Gasteiger partial charge in [0, 0.05) is 30.9 Å². The van der Waals surface area contributed by atoms with Gasteiger partial charge in [0.05, 0.1) is 12.9 Å².